The minimum atomic E-state index is 0.435. The molecule has 0 aliphatic carbocycles. The van der Waals surface area contributed by atoms with E-state index in [2.05, 4.69) is 10.1 Å². The average Bonchev–Trinajstić information content (AvgIpc) is 2.73. The molecule has 0 bridgehead atoms. The summed E-state index contributed by atoms with van der Waals surface area (Å²) in [6.45, 7) is 5.32. The van der Waals surface area contributed by atoms with Gasteiger partial charge in [-0.15, -0.1) is 0 Å². The van der Waals surface area contributed by atoms with E-state index in [1.165, 1.54) is 0 Å². The smallest absolute Gasteiger partial charge is 0.191 e. The van der Waals surface area contributed by atoms with Gasteiger partial charge in [-0.3, -0.25) is 0 Å². The number of nitrogens with two attached hydrogens (primary N) is 1. The maximum atomic E-state index is 5.86. The Labute approximate surface area is 94.1 Å². The quantitative estimate of drug-likeness (QED) is 0.570. The molecule has 1 aromatic heterocycles. The highest BCUT2D eigenvalue weighted by Crippen LogP contribution is 2.04. The molecule has 88 valence electrons. The van der Waals surface area contributed by atoms with E-state index in [0.29, 0.717) is 25.7 Å². The third-order valence-electron chi connectivity index (χ3n) is 2.41. The molecule has 1 aliphatic heterocycles. The molecule has 1 aliphatic rings. The number of morpholine rings is 1. The molecule has 1 fully saturated rings. The third-order valence-corrected chi connectivity index (χ3v) is 2.41. The van der Waals surface area contributed by atoms with Crippen LogP contribution in [0.25, 0.3) is 0 Å². The second-order valence-corrected chi connectivity index (χ2v) is 3.71. The molecule has 0 spiro atoms. The van der Waals surface area contributed by atoms with E-state index in [1.807, 2.05) is 17.9 Å². The molecule has 6 nitrogen and oxygen atoms in total. The fourth-order valence-electron chi connectivity index (χ4n) is 1.54. The molecule has 0 unspecified atom stereocenters. The van der Waals surface area contributed by atoms with Crippen LogP contribution in [-0.2, 0) is 11.3 Å². The van der Waals surface area contributed by atoms with Crippen LogP contribution in [0.15, 0.2) is 15.6 Å². The average molecular weight is 224 g/mol. The lowest BCUT2D eigenvalue weighted by molar-refractivity contribution is 0.0674. The minimum Gasteiger partial charge on any atom is -0.378 e. The molecule has 6 heteroatoms. The Balaban J connectivity index is 1.90. The highest BCUT2D eigenvalue weighted by atomic mass is 16.5. The first-order chi connectivity index (χ1) is 7.75. The zero-order valence-corrected chi connectivity index (χ0v) is 9.35. The number of aromatic nitrogens is 1. The second-order valence-electron chi connectivity index (χ2n) is 3.71. The van der Waals surface area contributed by atoms with Crippen LogP contribution in [0, 0.1) is 6.92 Å². The first-order valence-corrected chi connectivity index (χ1v) is 5.30. The molecule has 16 heavy (non-hydrogen) atoms. The van der Waals surface area contributed by atoms with Crippen LogP contribution in [0.5, 0.6) is 0 Å². The monoisotopic (exact) mass is 224 g/mol. The summed E-state index contributed by atoms with van der Waals surface area (Å²) in [6, 6.07) is 1.86. The molecular weight excluding hydrogens is 208 g/mol. The lowest BCUT2D eigenvalue weighted by Crippen LogP contribution is -2.44. The first kappa shape index (κ1) is 10.9. The Morgan fingerprint density at radius 1 is 1.56 bits per heavy atom. The van der Waals surface area contributed by atoms with Crippen molar-refractivity contribution in [2.24, 2.45) is 10.7 Å². The summed E-state index contributed by atoms with van der Waals surface area (Å²) in [6.07, 6.45) is 0. The molecule has 0 amide bonds. The van der Waals surface area contributed by atoms with Crippen molar-refractivity contribution >= 4 is 5.96 Å². The number of hydrogen-bond donors (Lipinski definition) is 1. The summed E-state index contributed by atoms with van der Waals surface area (Å²) in [5.74, 6) is 1.27. The van der Waals surface area contributed by atoms with Gasteiger partial charge in [-0.25, -0.2) is 4.99 Å². The van der Waals surface area contributed by atoms with Gasteiger partial charge in [0.05, 0.1) is 18.9 Å². The molecule has 2 heterocycles. The number of aliphatic imine (C=N–C) groups is 1. The van der Waals surface area contributed by atoms with Crippen molar-refractivity contribution in [3.8, 4) is 0 Å². The van der Waals surface area contributed by atoms with Gasteiger partial charge in [0.2, 0.25) is 0 Å². The van der Waals surface area contributed by atoms with Crippen molar-refractivity contribution in [3.05, 3.63) is 17.5 Å². The largest absolute Gasteiger partial charge is 0.378 e. The molecule has 1 aromatic rings. The molecule has 2 rings (SSSR count). The fraction of sp³-hybridized carbons (Fsp3) is 0.600. The van der Waals surface area contributed by atoms with Crippen molar-refractivity contribution < 1.29 is 9.26 Å². The summed E-state index contributed by atoms with van der Waals surface area (Å²) in [5.41, 5.74) is 6.72. The van der Waals surface area contributed by atoms with Crippen molar-refractivity contribution in [2.75, 3.05) is 26.3 Å². The van der Waals surface area contributed by atoms with Gasteiger partial charge in [0.1, 0.15) is 6.54 Å². The van der Waals surface area contributed by atoms with Crippen LogP contribution in [0.3, 0.4) is 0 Å². The van der Waals surface area contributed by atoms with Crippen LogP contribution in [0.1, 0.15) is 11.5 Å². The number of nitrogens with zero attached hydrogens (tertiary/aromatic N) is 3. The highest BCUT2D eigenvalue weighted by molar-refractivity contribution is 5.78. The van der Waals surface area contributed by atoms with Crippen LogP contribution >= 0.6 is 0 Å². The zero-order chi connectivity index (χ0) is 11.4. The Hall–Kier alpha value is -1.56. The Bertz CT molecular complexity index is 369. The molecule has 0 aromatic carbocycles. The molecular formula is C10H16N4O2. The van der Waals surface area contributed by atoms with E-state index in [-0.39, 0.29) is 0 Å². The zero-order valence-electron chi connectivity index (χ0n) is 9.35. The minimum absolute atomic E-state index is 0.435. The standard InChI is InChI=1S/C10H16N4O2/c1-8-6-9(16-13-8)7-12-10(11)14-2-4-15-5-3-14/h6H,2-5,7H2,1H3,(H2,11,12). The van der Waals surface area contributed by atoms with Crippen molar-refractivity contribution in [1.82, 2.24) is 10.1 Å². The van der Waals surface area contributed by atoms with Crippen LogP contribution in [-0.4, -0.2) is 42.3 Å². The summed E-state index contributed by atoms with van der Waals surface area (Å²) in [4.78, 5) is 6.27. The second kappa shape index (κ2) is 4.98. The van der Waals surface area contributed by atoms with Gasteiger partial charge in [0.25, 0.3) is 0 Å². The van der Waals surface area contributed by atoms with Crippen molar-refractivity contribution in [2.45, 2.75) is 13.5 Å². The Kier molecular flexibility index (Phi) is 3.40. The predicted molar refractivity (Wildman–Crippen MR) is 59.0 cm³/mol. The van der Waals surface area contributed by atoms with Crippen molar-refractivity contribution in [1.29, 1.82) is 0 Å². The Morgan fingerprint density at radius 3 is 2.94 bits per heavy atom. The van der Waals surface area contributed by atoms with Crippen LogP contribution in [0.4, 0.5) is 0 Å². The summed E-state index contributed by atoms with van der Waals surface area (Å²) in [7, 11) is 0. The van der Waals surface area contributed by atoms with Gasteiger partial charge < -0.3 is 19.9 Å². The molecule has 0 atom stereocenters. The maximum Gasteiger partial charge on any atom is 0.191 e. The van der Waals surface area contributed by atoms with E-state index in [9.17, 15) is 0 Å². The first-order valence-electron chi connectivity index (χ1n) is 5.30. The summed E-state index contributed by atoms with van der Waals surface area (Å²) >= 11 is 0. The predicted octanol–water partition coefficient (Wildman–Crippen LogP) is 0.130. The van der Waals surface area contributed by atoms with E-state index >= 15 is 0 Å². The van der Waals surface area contributed by atoms with Gasteiger partial charge in [-0.2, -0.15) is 0 Å². The van der Waals surface area contributed by atoms with Crippen LogP contribution < -0.4 is 5.73 Å². The van der Waals surface area contributed by atoms with Gasteiger partial charge in [0.15, 0.2) is 11.7 Å². The maximum absolute atomic E-state index is 5.86. The van der Waals surface area contributed by atoms with Crippen molar-refractivity contribution in [3.63, 3.8) is 0 Å². The SMILES string of the molecule is Cc1cc(CN=C(N)N2CCOCC2)on1. The van der Waals surface area contributed by atoms with Crippen LogP contribution in [0.2, 0.25) is 0 Å². The Morgan fingerprint density at radius 2 is 2.31 bits per heavy atom. The van der Waals surface area contributed by atoms with Gasteiger partial charge >= 0.3 is 0 Å². The fourth-order valence-corrected chi connectivity index (χ4v) is 1.54. The molecule has 1 saturated heterocycles. The highest BCUT2D eigenvalue weighted by Gasteiger charge is 2.12. The number of hydrogen-bond acceptors (Lipinski definition) is 4. The number of guanidine groups is 1. The topological polar surface area (TPSA) is 76.9 Å². The van der Waals surface area contributed by atoms with Gasteiger partial charge in [0, 0.05) is 19.2 Å². The lowest BCUT2D eigenvalue weighted by Gasteiger charge is -2.27. The normalized spacial score (nSPS) is 17.8. The lowest BCUT2D eigenvalue weighted by atomic mass is 10.4. The number of rotatable bonds is 2. The van der Waals surface area contributed by atoms with Gasteiger partial charge in [-0.1, -0.05) is 5.16 Å². The van der Waals surface area contributed by atoms with E-state index < -0.39 is 0 Å². The summed E-state index contributed by atoms with van der Waals surface area (Å²) < 4.78 is 10.3. The van der Waals surface area contributed by atoms with E-state index in [0.717, 1.165) is 24.5 Å². The summed E-state index contributed by atoms with van der Waals surface area (Å²) in [5, 5.41) is 3.79. The number of aryl methyl sites for hydroxylation is 1. The van der Waals surface area contributed by atoms with Gasteiger partial charge in [-0.05, 0) is 6.92 Å². The molecule has 0 saturated carbocycles. The molecule has 0 radical (unpaired) electrons. The van der Waals surface area contributed by atoms with E-state index in [4.69, 9.17) is 15.0 Å². The molecule has 2 N–H and O–H groups in total. The van der Waals surface area contributed by atoms with E-state index in [1.54, 1.807) is 0 Å². The third kappa shape index (κ3) is 2.73. The number of ether oxygens (including phenoxy) is 1.